The van der Waals surface area contributed by atoms with Gasteiger partial charge in [0.2, 0.25) is 10.0 Å². The van der Waals surface area contributed by atoms with Crippen molar-refractivity contribution in [3.8, 4) is 0 Å². The molecule has 0 bridgehead atoms. The van der Waals surface area contributed by atoms with Gasteiger partial charge in [-0.2, -0.15) is 0 Å². The molecule has 0 spiro atoms. The Morgan fingerprint density at radius 2 is 1.67 bits per heavy atom. The van der Waals surface area contributed by atoms with Crippen LogP contribution in [-0.2, 0) is 10.0 Å². The van der Waals surface area contributed by atoms with Crippen molar-refractivity contribution in [2.45, 2.75) is 77.4 Å². The van der Waals surface area contributed by atoms with Crippen molar-refractivity contribution >= 4 is 15.7 Å². The van der Waals surface area contributed by atoms with Crippen molar-refractivity contribution in [2.75, 3.05) is 18.4 Å². The number of benzene rings is 1. The second-order valence-corrected chi connectivity index (χ2v) is 10.8. The van der Waals surface area contributed by atoms with Crippen LogP contribution in [-0.4, -0.2) is 26.8 Å². The normalized spacial score (nSPS) is 23.5. The van der Waals surface area contributed by atoms with Gasteiger partial charge in [-0.15, -0.1) is 0 Å². The first-order valence-electron chi connectivity index (χ1n) is 10.6. The Labute approximate surface area is 166 Å². The van der Waals surface area contributed by atoms with Gasteiger partial charge in [-0.3, -0.25) is 0 Å². The zero-order valence-corrected chi connectivity index (χ0v) is 18.3. The second-order valence-electron chi connectivity index (χ2n) is 8.47. The highest BCUT2D eigenvalue weighted by Gasteiger charge is 2.27. The molecular formula is C22H38N2O2S. The van der Waals surface area contributed by atoms with Crippen LogP contribution in [0.3, 0.4) is 0 Å². The fourth-order valence-corrected chi connectivity index (χ4v) is 4.70. The zero-order chi connectivity index (χ0) is 19.9. The molecule has 0 heterocycles. The van der Waals surface area contributed by atoms with E-state index in [2.05, 4.69) is 48.2 Å². The van der Waals surface area contributed by atoms with E-state index in [1.165, 1.54) is 30.5 Å². The van der Waals surface area contributed by atoms with E-state index in [1.807, 2.05) is 0 Å². The van der Waals surface area contributed by atoms with E-state index in [4.69, 9.17) is 0 Å². The highest BCUT2D eigenvalue weighted by molar-refractivity contribution is 7.90. The molecule has 3 atom stereocenters. The standard InChI is InChI=1S/C22H38N2O2S/c1-17(2)27(25,26)24-16-7-5-6-15-23-21-13-11-20(12-14-21)22-10-8-9-18(3)19(22)4/h11-14,17-19,22-24H,5-10,15-16H2,1-4H3. The lowest BCUT2D eigenvalue weighted by Gasteiger charge is -2.34. The Morgan fingerprint density at radius 1 is 1.00 bits per heavy atom. The molecule has 27 heavy (non-hydrogen) atoms. The first kappa shape index (κ1) is 22.2. The third-order valence-corrected chi connectivity index (χ3v) is 8.00. The predicted molar refractivity (Wildman–Crippen MR) is 116 cm³/mol. The molecule has 0 radical (unpaired) electrons. The topological polar surface area (TPSA) is 58.2 Å². The van der Waals surface area contributed by atoms with Crippen LogP contribution in [0.15, 0.2) is 24.3 Å². The summed E-state index contributed by atoms with van der Waals surface area (Å²) < 4.78 is 26.0. The van der Waals surface area contributed by atoms with Crippen molar-refractivity contribution in [3.05, 3.63) is 29.8 Å². The Morgan fingerprint density at radius 3 is 2.33 bits per heavy atom. The fourth-order valence-electron chi connectivity index (χ4n) is 3.94. The summed E-state index contributed by atoms with van der Waals surface area (Å²) in [4.78, 5) is 0. The summed E-state index contributed by atoms with van der Waals surface area (Å²) in [6.07, 6.45) is 6.98. The molecule has 1 aromatic carbocycles. The van der Waals surface area contributed by atoms with Crippen molar-refractivity contribution in [3.63, 3.8) is 0 Å². The molecule has 1 saturated carbocycles. The monoisotopic (exact) mass is 394 g/mol. The van der Waals surface area contributed by atoms with E-state index in [9.17, 15) is 8.42 Å². The van der Waals surface area contributed by atoms with Gasteiger partial charge in [0.05, 0.1) is 5.25 Å². The Hall–Kier alpha value is -1.07. The van der Waals surface area contributed by atoms with Crippen LogP contribution >= 0.6 is 0 Å². The summed E-state index contributed by atoms with van der Waals surface area (Å²) in [6, 6.07) is 9.00. The molecule has 4 nitrogen and oxygen atoms in total. The molecule has 1 fully saturated rings. The molecular weight excluding hydrogens is 356 g/mol. The number of unbranched alkanes of at least 4 members (excludes halogenated alkanes) is 2. The van der Waals surface area contributed by atoms with E-state index < -0.39 is 10.0 Å². The molecule has 0 aromatic heterocycles. The average Bonchev–Trinajstić information content (AvgIpc) is 2.63. The second kappa shape index (κ2) is 10.5. The van der Waals surface area contributed by atoms with Crippen LogP contribution in [0.25, 0.3) is 0 Å². The predicted octanol–water partition coefficient (Wildman–Crippen LogP) is 5.14. The van der Waals surface area contributed by atoms with Gasteiger partial charge in [-0.25, -0.2) is 13.1 Å². The van der Waals surface area contributed by atoms with Crippen molar-refractivity contribution in [1.82, 2.24) is 4.72 Å². The molecule has 0 saturated heterocycles. The summed E-state index contributed by atoms with van der Waals surface area (Å²) in [5, 5.41) is 3.12. The number of hydrogen-bond donors (Lipinski definition) is 2. The lowest BCUT2D eigenvalue weighted by atomic mass is 9.71. The lowest BCUT2D eigenvalue weighted by molar-refractivity contribution is 0.238. The van der Waals surface area contributed by atoms with Gasteiger partial charge in [0.15, 0.2) is 0 Å². The lowest BCUT2D eigenvalue weighted by Crippen LogP contribution is -2.31. The number of sulfonamides is 1. The van der Waals surface area contributed by atoms with Crippen LogP contribution in [0.2, 0.25) is 0 Å². The smallest absolute Gasteiger partial charge is 0.213 e. The van der Waals surface area contributed by atoms with Crippen LogP contribution in [0.5, 0.6) is 0 Å². The molecule has 3 unspecified atom stereocenters. The Kier molecular flexibility index (Phi) is 8.62. The average molecular weight is 395 g/mol. The minimum Gasteiger partial charge on any atom is -0.385 e. The van der Waals surface area contributed by atoms with Crippen LogP contribution < -0.4 is 10.0 Å². The van der Waals surface area contributed by atoms with Crippen molar-refractivity contribution in [2.24, 2.45) is 11.8 Å². The quantitative estimate of drug-likeness (QED) is 0.540. The third kappa shape index (κ3) is 6.79. The summed E-state index contributed by atoms with van der Waals surface area (Å²) >= 11 is 0. The number of hydrogen-bond acceptors (Lipinski definition) is 3. The van der Waals surface area contributed by atoms with E-state index in [0.29, 0.717) is 12.5 Å². The highest BCUT2D eigenvalue weighted by Crippen LogP contribution is 2.40. The molecule has 154 valence electrons. The molecule has 0 aliphatic heterocycles. The molecule has 1 aliphatic rings. The van der Waals surface area contributed by atoms with Crippen LogP contribution in [0.4, 0.5) is 5.69 Å². The SMILES string of the molecule is CC1CCCC(c2ccc(NCCCCCNS(=O)(=O)C(C)C)cc2)C1C. The van der Waals surface area contributed by atoms with E-state index >= 15 is 0 Å². The zero-order valence-electron chi connectivity index (χ0n) is 17.5. The number of anilines is 1. The van der Waals surface area contributed by atoms with Gasteiger partial charge in [0.1, 0.15) is 0 Å². The van der Waals surface area contributed by atoms with Crippen molar-refractivity contribution < 1.29 is 8.42 Å². The minimum absolute atomic E-state index is 0.359. The van der Waals surface area contributed by atoms with Gasteiger partial charge in [-0.1, -0.05) is 45.2 Å². The van der Waals surface area contributed by atoms with E-state index in [-0.39, 0.29) is 5.25 Å². The van der Waals surface area contributed by atoms with Gasteiger partial charge >= 0.3 is 0 Å². The molecule has 2 N–H and O–H groups in total. The van der Waals surface area contributed by atoms with Crippen LogP contribution in [0, 0.1) is 11.8 Å². The van der Waals surface area contributed by atoms with Gasteiger partial charge in [0.25, 0.3) is 0 Å². The first-order valence-corrected chi connectivity index (χ1v) is 12.2. The largest absolute Gasteiger partial charge is 0.385 e. The maximum absolute atomic E-state index is 11.7. The third-order valence-electron chi connectivity index (χ3n) is 6.15. The minimum atomic E-state index is -3.12. The summed E-state index contributed by atoms with van der Waals surface area (Å²) in [5.41, 5.74) is 2.66. The maximum atomic E-state index is 11.7. The van der Waals surface area contributed by atoms with Crippen molar-refractivity contribution in [1.29, 1.82) is 0 Å². The maximum Gasteiger partial charge on any atom is 0.213 e. The molecule has 1 aliphatic carbocycles. The molecule has 1 aromatic rings. The Bertz CT molecular complexity index is 655. The number of rotatable bonds is 10. The van der Waals surface area contributed by atoms with E-state index in [0.717, 1.165) is 37.6 Å². The number of nitrogens with one attached hydrogen (secondary N) is 2. The first-order chi connectivity index (χ1) is 12.8. The Balaban J connectivity index is 1.66. The fraction of sp³-hybridized carbons (Fsp3) is 0.727. The summed E-state index contributed by atoms with van der Waals surface area (Å²) in [6.45, 7) is 9.66. The highest BCUT2D eigenvalue weighted by atomic mass is 32.2. The van der Waals surface area contributed by atoms with Crippen LogP contribution in [0.1, 0.15) is 77.7 Å². The molecule has 0 amide bonds. The van der Waals surface area contributed by atoms with Gasteiger partial charge in [0, 0.05) is 18.8 Å². The summed E-state index contributed by atoms with van der Waals surface area (Å²) in [5.74, 6) is 2.30. The van der Waals surface area contributed by atoms with Gasteiger partial charge in [-0.05, 0) is 68.6 Å². The van der Waals surface area contributed by atoms with Gasteiger partial charge < -0.3 is 5.32 Å². The summed E-state index contributed by atoms with van der Waals surface area (Å²) in [7, 11) is -3.12. The van der Waals surface area contributed by atoms with E-state index in [1.54, 1.807) is 13.8 Å². The molecule has 5 heteroatoms. The molecule has 2 rings (SSSR count).